The highest BCUT2D eigenvalue weighted by Gasteiger charge is 2.19. The number of ether oxygens (including phenoxy) is 3. The quantitative estimate of drug-likeness (QED) is 0.0261. The number of hydrogen-bond acceptors (Lipinski definition) is 6. The van der Waals surface area contributed by atoms with Gasteiger partial charge in [0, 0.05) is 19.3 Å². The van der Waals surface area contributed by atoms with Crippen LogP contribution in [0.25, 0.3) is 0 Å². The van der Waals surface area contributed by atoms with E-state index in [1.165, 1.54) is 128 Å². The Balaban J connectivity index is 4.43. The van der Waals surface area contributed by atoms with E-state index in [-0.39, 0.29) is 31.6 Å². The lowest BCUT2D eigenvalue weighted by atomic mass is 10.0. The van der Waals surface area contributed by atoms with Crippen molar-refractivity contribution in [3.8, 4) is 0 Å². The Morgan fingerprint density at radius 3 is 0.895 bits per heavy atom. The maximum absolute atomic E-state index is 12.9. The predicted octanol–water partition coefficient (Wildman–Crippen LogP) is 21.6. The zero-order valence-corrected chi connectivity index (χ0v) is 49.5. The van der Waals surface area contributed by atoms with Gasteiger partial charge < -0.3 is 14.2 Å². The molecule has 0 N–H and O–H groups in total. The van der Waals surface area contributed by atoms with Crippen molar-refractivity contribution < 1.29 is 28.6 Å². The summed E-state index contributed by atoms with van der Waals surface area (Å²) in [5.74, 6) is -1.01. The molecule has 0 spiro atoms. The molecular formula is C70H116O6. The molecule has 0 radical (unpaired) electrons. The van der Waals surface area contributed by atoms with Crippen LogP contribution in [-0.4, -0.2) is 37.2 Å². The van der Waals surface area contributed by atoms with Gasteiger partial charge in [-0.25, -0.2) is 0 Å². The molecule has 0 aromatic carbocycles. The second kappa shape index (κ2) is 63.3. The number of rotatable bonds is 56. The van der Waals surface area contributed by atoms with Crippen molar-refractivity contribution in [2.24, 2.45) is 0 Å². The number of hydrogen-bond donors (Lipinski definition) is 0. The highest BCUT2D eigenvalue weighted by atomic mass is 16.6. The van der Waals surface area contributed by atoms with Crippen molar-refractivity contribution in [2.45, 2.75) is 290 Å². The van der Waals surface area contributed by atoms with Crippen LogP contribution >= 0.6 is 0 Å². The van der Waals surface area contributed by atoms with E-state index in [2.05, 4.69) is 136 Å². The molecule has 6 heteroatoms. The summed E-state index contributed by atoms with van der Waals surface area (Å²) in [6.07, 6.45) is 87.9. The number of carbonyl (C=O) groups is 3. The molecule has 0 aliphatic carbocycles. The van der Waals surface area contributed by atoms with Gasteiger partial charge in [-0.1, -0.05) is 271 Å². The molecule has 0 saturated carbocycles. The molecule has 1 unspecified atom stereocenters. The molecule has 432 valence electrons. The van der Waals surface area contributed by atoms with Gasteiger partial charge in [-0.2, -0.15) is 0 Å². The first-order valence-corrected chi connectivity index (χ1v) is 31.5. The van der Waals surface area contributed by atoms with Crippen LogP contribution in [0.4, 0.5) is 0 Å². The zero-order chi connectivity index (χ0) is 55.0. The Bertz CT molecular complexity index is 1590. The normalized spacial score (nSPS) is 12.9. The van der Waals surface area contributed by atoms with Gasteiger partial charge in [0.2, 0.25) is 0 Å². The van der Waals surface area contributed by atoms with Gasteiger partial charge in [0.05, 0.1) is 0 Å². The van der Waals surface area contributed by atoms with Crippen LogP contribution in [0.1, 0.15) is 284 Å². The second-order valence-electron chi connectivity index (χ2n) is 20.6. The average Bonchev–Trinajstić information content (AvgIpc) is 3.42. The number of esters is 3. The van der Waals surface area contributed by atoms with E-state index in [1.807, 2.05) is 6.08 Å². The minimum Gasteiger partial charge on any atom is -0.462 e. The van der Waals surface area contributed by atoms with Gasteiger partial charge in [0.25, 0.3) is 0 Å². The fraction of sp³-hybridized carbons (Fsp3) is 0.671. The SMILES string of the molecule is CC/C=C\C/C=C\C/C=C\C/C=C\C/C=C\C/C=C\CCC(=O)OC(COC(=O)CCCCCCC/C=C\C/C=C\CCCC)COC(=O)CCCCCCCCCCCCCCC/C=C\C/C=C\CCCCCCC. The maximum Gasteiger partial charge on any atom is 0.306 e. The Morgan fingerprint density at radius 1 is 0.276 bits per heavy atom. The smallest absolute Gasteiger partial charge is 0.306 e. The molecule has 6 nitrogen and oxygen atoms in total. The Labute approximate surface area is 469 Å². The summed E-state index contributed by atoms with van der Waals surface area (Å²) in [5, 5.41) is 0. The molecule has 0 rings (SSSR count). The second-order valence-corrected chi connectivity index (χ2v) is 20.6. The first kappa shape index (κ1) is 71.8. The standard InChI is InChI=1S/C70H116O6/c1-4-7-10-13-16-19-22-25-28-30-32-33-34-35-36-37-39-40-42-45-48-51-54-57-60-63-69(72)75-66-67(65-74-68(71)62-59-56-53-50-47-44-27-24-21-18-15-12-9-6-3)76-70(73)64-61-58-55-52-49-46-43-41-38-31-29-26-23-20-17-14-11-8-5-2/h8,11,15,17-18,20,22,24-27,29-30,32,38,41,46,49,55,58,67H,4-7,9-10,12-14,16,19,21,23,28,31,33-37,39-40,42-45,47-48,50-54,56-57,59-66H2,1-3H3/b11-8-,18-15-,20-17-,25-22-,27-24-,29-26-,32-30-,41-38-,49-46-,58-55-. The molecule has 0 aromatic heterocycles. The summed E-state index contributed by atoms with van der Waals surface area (Å²) >= 11 is 0. The van der Waals surface area contributed by atoms with Gasteiger partial charge in [-0.15, -0.1) is 0 Å². The average molecular weight is 1050 g/mol. The zero-order valence-electron chi connectivity index (χ0n) is 49.5. The molecule has 0 saturated heterocycles. The lowest BCUT2D eigenvalue weighted by Crippen LogP contribution is -2.30. The van der Waals surface area contributed by atoms with Crippen molar-refractivity contribution in [1.82, 2.24) is 0 Å². The third-order valence-corrected chi connectivity index (χ3v) is 13.2. The molecular weight excluding hydrogens is 937 g/mol. The fourth-order valence-corrected chi connectivity index (χ4v) is 8.46. The Morgan fingerprint density at radius 2 is 0.553 bits per heavy atom. The molecule has 0 bridgehead atoms. The molecule has 76 heavy (non-hydrogen) atoms. The summed E-state index contributed by atoms with van der Waals surface area (Å²) in [6.45, 7) is 6.41. The van der Waals surface area contributed by atoms with E-state index in [9.17, 15) is 14.4 Å². The van der Waals surface area contributed by atoms with E-state index in [0.717, 1.165) is 109 Å². The first-order valence-electron chi connectivity index (χ1n) is 31.5. The monoisotopic (exact) mass is 1050 g/mol. The third kappa shape index (κ3) is 60.7. The van der Waals surface area contributed by atoms with Gasteiger partial charge >= 0.3 is 17.9 Å². The highest BCUT2D eigenvalue weighted by molar-refractivity contribution is 5.71. The van der Waals surface area contributed by atoms with Crippen LogP contribution in [0.3, 0.4) is 0 Å². The molecule has 0 heterocycles. The number of unbranched alkanes of at least 4 members (excludes halogenated alkanes) is 25. The van der Waals surface area contributed by atoms with Gasteiger partial charge in [0.1, 0.15) is 13.2 Å². The Kier molecular flexibility index (Phi) is 59.9. The van der Waals surface area contributed by atoms with Crippen molar-refractivity contribution >= 4 is 17.9 Å². The van der Waals surface area contributed by atoms with Crippen molar-refractivity contribution in [1.29, 1.82) is 0 Å². The van der Waals surface area contributed by atoms with Gasteiger partial charge in [0.15, 0.2) is 6.10 Å². The van der Waals surface area contributed by atoms with Crippen LogP contribution in [0.2, 0.25) is 0 Å². The third-order valence-electron chi connectivity index (χ3n) is 13.2. The highest BCUT2D eigenvalue weighted by Crippen LogP contribution is 2.15. The topological polar surface area (TPSA) is 78.9 Å². The molecule has 0 fully saturated rings. The van der Waals surface area contributed by atoms with Crippen LogP contribution in [-0.2, 0) is 28.6 Å². The van der Waals surface area contributed by atoms with Crippen LogP contribution < -0.4 is 0 Å². The molecule has 0 aliphatic rings. The summed E-state index contributed by atoms with van der Waals surface area (Å²) < 4.78 is 16.8. The minimum absolute atomic E-state index is 0.115. The van der Waals surface area contributed by atoms with E-state index in [0.29, 0.717) is 19.3 Å². The first-order chi connectivity index (χ1) is 37.5. The lowest BCUT2D eigenvalue weighted by molar-refractivity contribution is -0.166. The van der Waals surface area contributed by atoms with Gasteiger partial charge in [-0.05, 0) is 116 Å². The lowest BCUT2D eigenvalue weighted by Gasteiger charge is -2.18. The largest absolute Gasteiger partial charge is 0.462 e. The number of allylic oxidation sites excluding steroid dienone is 20. The number of carbonyl (C=O) groups excluding carboxylic acids is 3. The van der Waals surface area contributed by atoms with Crippen LogP contribution in [0.15, 0.2) is 122 Å². The minimum atomic E-state index is -0.829. The predicted molar refractivity (Wildman–Crippen MR) is 330 cm³/mol. The molecule has 1 atom stereocenters. The summed E-state index contributed by atoms with van der Waals surface area (Å²) in [7, 11) is 0. The van der Waals surface area contributed by atoms with E-state index >= 15 is 0 Å². The molecule has 0 aromatic rings. The summed E-state index contributed by atoms with van der Waals surface area (Å²) in [6, 6.07) is 0. The molecule has 0 aliphatic heterocycles. The van der Waals surface area contributed by atoms with Crippen LogP contribution in [0.5, 0.6) is 0 Å². The summed E-state index contributed by atoms with van der Waals surface area (Å²) in [4.78, 5) is 38.2. The van der Waals surface area contributed by atoms with Gasteiger partial charge in [-0.3, -0.25) is 14.4 Å². The summed E-state index contributed by atoms with van der Waals surface area (Å²) in [5.41, 5.74) is 0. The van der Waals surface area contributed by atoms with E-state index in [1.54, 1.807) is 0 Å². The fourth-order valence-electron chi connectivity index (χ4n) is 8.46. The van der Waals surface area contributed by atoms with Crippen LogP contribution in [0, 0.1) is 0 Å². The van der Waals surface area contributed by atoms with E-state index in [4.69, 9.17) is 14.2 Å². The Hall–Kier alpha value is -4.19. The molecule has 0 amide bonds. The van der Waals surface area contributed by atoms with Crippen molar-refractivity contribution in [3.63, 3.8) is 0 Å². The van der Waals surface area contributed by atoms with Crippen molar-refractivity contribution in [3.05, 3.63) is 122 Å². The maximum atomic E-state index is 12.9. The van der Waals surface area contributed by atoms with Crippen molar-refractivity contribution in [2.75, 3.05) is 13.2 Å². The van der Waals surface area contributed by atoms with E-state index < -0.39 is 12.1 Å².